The Morgan fingerprint density at radius 2 is 1.86 bits per heavy atom. The summed E-state index contributed by atoms with van der Waals surface area (Å²) >= 11 is 0. The number of carbonyl (C=O) groups is 1. The van der Waals surface area contributed by atoms with Crippen LogP contribution in [0.2, 0.25) is 0 Å². The van der Waals surface area contributed by atoms with Crippen molar-refractivity contribution < 1.29 is 14.1 Å². The van der Waals surface area contributed by atoms with E-state index in [1.165, 1.54) is 37.9 Å². The number of benzene rings is 1. The molecule has 1 aromatic carbocycles. The molecule has 29 heavy (non-hydrogen) atoms. The van der Waals surface area contributed by atoms with E-state index in [0.29, 0.717) is 18.0 Å². The molecule has 4 rings (SSSR count). The van der Waals surface area contributed by atoms with Crippen LogP contribution in [0.1, 0.15) is 48.2 Å². The van der Waals surface area contributed by atoms with Crippen LogP contribution < -0.4 is 5.32 Å². The van der Waals surface area contributed by atoms with Gasteiger partial charge in [-0.25, -0.2) is 0 Å². The summed E-state index contributed by atoms with van der Waals surface area (Å²) in [5, 5.41) is 7.12. The second-order valence-corrected chi connectivity index (χ2v) is 8.57. The molecule has 2 aliphatic rings. The van der Waals surface area contributed by atoms with E-state index >= 15 is 0 Å². The van der Waals surface area contributed by atoms with Gasteiger partial charge in [-0.3, -0.25) is 4.79 Å². The van der Waals surface area contributed by atoms with Gasteiger partial charge in [-0.15, -0.1) is 0 Å². The largest absolute Gasteiger partial charge is 0.381 e. The number of nitrogens with one attached hydrogen (secondary N) is 1. The molecule has 0 atom stereocenters. The van der Waals surface area contributed by atoms with Crippen LogP contribution in [0.4, 0.5) is 0 Å². The molecule has 2 saturated heterocycles. The number of nitrogens with zero attached hydrogens (tertiary/aromatic N) is 2. The first-order valence-corrected chi connectivity index (χ1v) is 10.8. The SMILES string of the molecule is Cc1ccc(-c2cc(C(=O)NCC3(CN4CCCCC4)CCOCC3)no2)cc1. The molecule has 6 nitrogen and oxygen atoms in total. The van der Waals surface area contributed by atoms with E-state index in [-0.39, 0.29) is 11.3 Å². The van der Waals surface area contributed by atoms with Gasteiger partial charge in [-0.05, 0) is 45.7 Å². The molecule has 0 saturated carbocycles. The predicted molar refractivity (Wildman–Crippen MR) is 112 cm³/mol. The number of amides is 1. The second kappa shape index (κ2) is 9.09. The van der Waals surface area contributed by atoms with Crippen molar-refractivity contribution in [1.29, 1.82) is 0 Å². The summed E-state index contributed by atoms with van der Waals surface area (Å²) in [5.74, 6) is 0.445. The number of aromatic nitrogens is 1. The topological polar surface area (TPSA) is 67.6 Å². The maximum Gasteiger partial charge on any atom is 0.273 e. The molecule has 156 valence electrons. The molecule has 1 N–H and O–H groups in total. The van der Waals surface area contributed by atoms with Crippen molar-refractivity contribution in [2.45, 2.75) is 39.0 Å². The van der Waals surface area contributed by atoms with Gasteiger partial charge in [0.05, 0.1) is 0 Å². The Labute approximate surface area is 172 Å². The molecule has 3 heterocycles. The van der Waals surface area contributed by atoms with Crippen molar-refractivity contribution in [3.8, 4) is 11.3 Å². The van der Waals surface area contributed by atoms with Crippen LogP contribution in [-0.4, -0.2) is 55.4 Å². The number of rotatable bonds is 6. The highest BCUT2D eigenvalue weighted by atomic mass is 16.5. The number of ether oxygens (including phenoxy) is 1. The van der Waals surface area contributed by atoms with Crippen LogP contribution in [0, 0.1) is 12.3 Å². The lowest BCUT2D eigenvalue weighted by Gasteiger charge is -2.42. The van der Waals surface area contributed by atoms with E-state index in [1.807, 2.05) is 31.2 Å². The molecule has 1 amide bonds. The van der Waals surface area contributed by atoms with Crippen molar-refractivity contribution >= 4 is 5.91 Å². The van der Waals surface area contributed by atoms with Gasteiger partial charge in [-0.2, -0.15) is 0 Å². The molecule has 0 unspecified atom stereocenters. The third kappa shape index (κ3) is 5.06. The van der Waals surface area contributed by atoms with Gasteiger partial charge in [-0.1, -0.05) is 41.4 Å². The molecular weight excluding hydrogens is 366 g/mol. The Bertz CT molecular complexity index is 803. The van der Waals surface area contributed by atoms with Gasteiger partial charge in [0, 0.05) is 43.3 Å². The molecule has 1 aromatic heterocycles. The number of piperidine rings is 1. The lowest BCUT2D eigenvalue weighted by Crippen LogP contribution is -2.49. The summed E-state index contributed by atoms with van der Waals surface area (Å²) in [6.07, 6.45) is 5.85. The van der Waals surface area contributed by atoms with Gasteiger partial charge >= 0.3 is 0 Å². The zero-order valence-electron chi connectivity index (χ0n) is 17.3. The van der Waals surface area contributed by atoms with Crippen LogP contribution in [0.25, 0.3) is 11.3 Å². The average molecular weight is 398 g/mol. The van der Waals surface area contributed by atoms with Crippen molar-refractivity contribution in [1.82, 2.24) is 15.4 Å². The first-order valence-electron chi connectivity index (χ1n) is 10.8. The van der Waals surface area contributed by atoms with E-state index in [4.69, 9.17) is 9.26 Å². The van der Waals surface area contributed by atoms with E-state index in [1.54, 1.807) is 6.07 Å². The minimum Gasteiger partial charge on any atom is -0.381 e. The number of aryl methyl sites for hydroxylation is 1. The quantitative estimate of drug-likeness (QED) is 0.806. The van der Waals surface area contributed by atoms with Crippen LogP contribution in [-0.2, 0) is 4.74 Å². The summed E-state index contributed by atoms with van der Waals surface area (Å²) in [6, 6.07) is 9.72. The Balaban J connectivity index is 1.39. The summed E-state index contributed by atoms with van der Waals surface area (Å²) in [5.41, 5.74) is 2.52. The highest BCUT2D eigenvalue weighted by Gasteiger charge is 2.35. The fourth-order valence-corrected chi connectivity index (χ4v) is 4.38. The van der Waals surface area contributed by atoms with Crippen LogP contribution in [0.3, 0.4) is 0 Å². The summed E-state index contributed by atoms with van der Waals surface area (Å²) < 4.78 is 11.0. The summed E-state index contributed by atoms with van der Waals surface area (Å²) in [4.78, 5) is 15.3. The molecule has 2 aliphatic heterocycles. The molecule has 2 aromatic rings. The van der Waals surface area contributed by atoms with Crippen molar-refractivity contribution in [3.63, 3.8) is 0 Å². The molecule has 2 fully saturated rings. The third-order valence-electron chi connectivity index (χ3n) is 6.26. The lowest BCUT2D eigenvalue weighted by atomic mass is 9.79. The average Bonchev–Trinajstić information content (AvgIpc) is 3.24. The van der Waals surface area contributed by atoms with Crippen LogP contribution >= 0.6 is 0 Å². The fraction of sp³-hybridized carbons (Fsp3) is 0.565. The smallest absolute Gasteiger partial charge is 0.273 e. The third-order valence-corrected chi connectivity index (χ3v) is 6.26. The predicted octanol–water partition coefficient (Wildman–Crippen LogP) is 3.66. The van der Waals surface area contributed by atoms with Crippen molar-refractivity contribution in [3.05, 3.63) is 41.6 Å². The van der Waals surface area contributed by atoms with E-state index in [2.05, 4.69) is 15.4 Å². The molecule has 0 bridgehead atoms. The number of carbonyl (C=O) groups excluding carboxylic acids is 1. The van der Waals surface area contributed by atoms with E-state index in [9.17, 15) is 4.79 Å². The zero-order valence-corrected chi connectivity index (χ0v) is 17.3. The Hall–Kier alpha value is -2.18. The maximum absolute atomic E-state index is 12.7. The Morgan fingerprint density at radius 1 is 1.14 bits per heavy atom. The van der Waals surface area contributed by atoms with Gasteiger partial charge in [0.2, 0.25) is 0 Å². The monoisotopic (exact) mass is 397 g/mol. The molecule has 0 spiro atoms. The molecule has 6 heteroatoms. The number of hydrogen-bond donors (Lipinski definition) is 1. The van der Waals surface area contributed by atoms with Crippen molar-refractivity contribution in [2.75, 3.05) is 39.4 Å². The number of hydrogen-bond acceptors (Lipinski definition) is 5. The van der Waals surface area contributed by atoms with E-state index < -0.39 is 0 Å². The molecule has 0 aliphatic carbocycles. The first kappa shape index (κ1) is 20.1. The molecule has 0 radical (unpaired) electrons. The first-order chi connectivity index (χ1) is 14.1. The lowest BCUT2D eigenvalue weighted by molar-refractivity contribution is -0.00675. The Kier molecular flexibility index (Phi) is 6.31. The maximum atomic E-state index is 12.7. The fourth-order valence-electron chi connectivity index (χ4n) is 4.38. The van der Waals surface area contributed by atoms with Gasteiger partial charge in [0.15, 0.2) is 11.5 Å². The minimum absolute atomic E-state index is 0.0781. The van der Waals surface area contributed by atoms with E-state index in [0.717, 1.165) is 38.2 Å². The number of likely N-dealkylation sites (tertiary alicyclic amines) is 1. The Morgan fingerprint density at radius 3 is 2.59 bits per heavy atom. The van der Waals surface area contributed by atoms with Crippen molar-refractivity contribution in [2.24, 2.45) is 5.41 Å². The van der Waals surface area contributed by atoms with Gasteiger partial charge in [0.25, 0.3) is 5.91 Å². The summed E-state index contributed by atoms with van der Waals surface area (Å²) in [7, 11) is 0. The standard InChI is InChI=1S/C23H31N3O3/c1-18-5-7-19(8-6-18)21-15-20(25-29-21)22(27)24-16-23(9-13-28-14-10-23)17-26-11-3-2-4-12-26/h5-8,15H,2-4,9-14,16-17H2,1H3,(H,24,27). The van der Waals surface area contributed by atoms with Gasteiger partial charge < -0.3 is 19.5 Å². The second-order valence-electron chi connectivity index (χ2n) is 8.57. The minimum atomic E-state index is -0.170. The van der Waals surface area contributed by atoms with Crippen LogP contribution in [0.5, 0.6) is 0 Å². The zero-order chi connectivity index (χ0) is 20.1. The molecular formula is C23H31N3O3. The van der Waals surface area contributed by atoms with Crippen LogP contribution in [0.15, 0.2) is 34.9 Å². The summed E-state index contributed by atoms with van der Waals surface area (Å²) in [6.45, 7) is 7.59. The van der Waals surface area contributed by atoms with Gasteiger partial charge in [0.1, 0.15) is 0 Å². The normalized spacial score (nSPS) is 19.8. The highest BCUT2D eigenvalue weighted by Crippen LogP contribution is 2.32. The highest BCUT2D eigenvalue weighted by molar-refractivity contribution is 5.93.